The van der Waals surface area contributed by atoms with Crippen LogP contribution in [0.4, 0.5) is 5.69 Å². The van der Waals surface area contributed by atoms with E-state index in [-0.39, 0.29) is 17.7 Å². The first-order chi connectivity index (χ1) is 10.9. The van der Waals surface area contributed by atoms with Gasteiger partial charge in [0, 0.05) is 15.6 Å². The predicted octanol–water partition coefficient (Wildman–Crippen LogP) is 3.57. The molecule has 1 unspecified atom stereocenters. The molecule has 1 amide bonds. The molecule has 0 heterocycles. The number of carbonyl (C=O) groups is 2. The fourth-order valence-electron chi connectivity index (χ4n) is 2.03. The van der Waals surface area contributed by atoms with Gasteiger partial charge in [-0.05, 0) is 39.2 Å². The number of ketones is 1. The van der Waals surface area contributed by atoms with E-state index < -0.39 is 0 Å². The van der Waals surface area contributed by atoms with Gasteiger partial charge in [0.2, 0.25) is 5.91 Å². The van der Waals surface area contributed by atoms with Crippen LogP contribution in [0.1, 0.15) is 22.8 Å². The molecular weight excluding hydrogens is 356 g/mol. The summed E-state index contributed by atoms with van der Waals surface area (Å²) in [5.41, 5.74) is 1.56. The Morgan fingerprint density at radius 3 is 2.35 bits per heavy atom. The quantitative estimate of drug-likeness (QED) is 0.813. The largest absolute Gasteiger partial charge is 0.324 e. The highest BCUT2D eigenvalue weighted by Gasteiger charge is 2.19. The third kappa shape index (κ3) is 4.27. The summed E-state index contributed by atoms with van der Waals surface area (Å²) in [5.74, 6) is -0.279. The average molecular weight is 375 g/mol. The van der Waals surface area contributed by atoms with Crippen molar-refractivity contribution in [1.82, 2.24) is 4.90 Å². The van der Waals surface area contributed by atoms with E-state index in [9.17, 15) is 9.59 Å². The van der Waals surface area contributed by atoms with Gasteiger partial charge in [0.15, 0.2) is 5.78 Å². The van der Waals surface area contributed by atoms with E-state index >= 15 is 0 Å². The van der Waals surface area contributed by atoms with E-state index in [1.54, 1.807) is 30.3 Å². The van der Waals surface area contributed by atoms with Gasteiger partial charge in [0.05, 0.1) is 11.7 Å². The van der Waals surface area contributed by atoms with Crippen molar-refractivity contribution in [3.63, 3.8) is 0 Å². The fraction of sp³-hybridized carbons (Fsp3) is 0.222. The Bertz CT molecular complexity index is 714. The van der Waals surface area contributed by atoms with Crippen LogP contribution in [-0.4, -0.2) is 36.7 Å². The molecule has 0 aliphatic rings. The first-order valence-corrected chi connectivity index (χ1v) is 8.06. The number of likely N-dealkylation sites (N-methyl/N-ethyl adjacent to an activating group) is 1. The molecule has 0 aromatic heterocycles. The van der Waals surface area contributed by atoms with E-state index in [1.165, 1.54) is 0 Å². The summed E-state index contributed by atoms with van der Waals surface area (Å²) in [4.78, 5) is 26.8. The zero-order valence-corrected chi connectivity index (χ0v) is 14.9. The molecule has 1 N–H and O–H groups in total. The Morgan fingerprint density at radius 1 is 1.09 bits per heavy atom. The van der Waals surface area contributed by atoms with Gasteiger partial charge in [-0.2, -0.15) is 0 Å². The number of benzene rings is 2. The second kappa shape index (κ2) is 7.53. The van der Waals surface area contributed by atoms with Gasteiger partial charge >= 0.3 is 0 Å². The monoisotopic (exact) mass is 374 g/mol. The molecule has 0 aliphatic heterocycles. The van der Waals surface area contributed by atoms with E-state index in [4.69, 9.17) is 0 Å². The summed E-state index contributed by atoms with van der Waals surface area (Å²) >= 11 is 3.38. The molecule has 0 radical (unpaired) electrons. The van der Waals surface area contributed by atoms with Gasteiger partial charge in [-0.1, -0.05) is 46.3 Å². The molecule has 0 saturated carbocycles. The molecule has 5 heteroatoms. The van der Waals surface area contributed by atoms with Crippen molar-refractivity contribution in [3.05, 3.63) is 64.1 Å². The first kappa shape index (κ1) is 17.4. The number of amides is 1. The highest BCUT2D eigenvalue weighted by molar-refractivity contribution is 9.10. The molecule has 2 aromatic carbocycles. The average Bonchev–Trinajstić information content (AvgIpc) is 2.55. The number of nitrogens with one attached hydrogen (secondary N) is 1. The molecular formula is C18H19BrN2O2. The number of hydrogen-bond acceptors (Lipinski definition) is 3. The van der Waals surface area contributed by atoms with Gasteiger partial charge in [-0.15, -0.1) is 0 Å². The molecule has 0 bridgehead atoms. The first-order valence-electron chi connectivity index (χ1n) is 7.26. The third-order valence-electron chi connectivity index (χ3n) is 3.67. The molecule has 0 fully saturated rings. The number of rotatable bonds is 5. The SMILES string of the molecule is CC(C(=O)Nc1ccc(Br)cc1C(=O)c1ccccc1)N(C)C. The second-order valence-electron chi connectivity index (χ2n) is 5.51. The molecule has 23 heavy (non-hydrogen) atoms. The standard InChI is InChI=1S/C18H19BrN2O2/c1-12(21(2)3)18(23)20-16-10-9-14(19)11-15(16)17(22)13-7-5-4-6-8-13/h4-12H,1-3H3,(H,20,23). The van der Waals surface area contributed by atoms with Crippen LogP contribution in [-0.2, 0) is 4.79 Å². The number of nitrogens with zero attached hydrogens (tertiary/aromatic N) is 1. The van der Waals surface area contributed by atoms with Gasteiger partial charge in [0.1, 0.15) is 0 Å². The van der Waals surface area contributed by atoms with E-state index in [0.29, 0.717) is 16.8 Å². The molecule has 0 saturated heterocycles. The predicted molar refractivity (Wildman–Crippen MR) is 95.8 cm³/mol. The van der Waals surface area contributed by atoms with Gasteiger partial charge < -0.3 is 5.32 Å². The Morgan fingerprint density at radius 2 is 1.74 bits per heavy atom. The zero-order chi connectivity index (χ0) is 17.0. The van der Waals surface area contributed by atoms with Crippen LogP contribution in [0.25, 0.3) is 0 Å². The molecule has 120 valence electrons. The lowest BCUT2D eigenvalue weighted by Gasteiger charge is -2.20. The third-order valence-corrected chi connectivity index (χ3v) is 4.17. The summed E-state index contributed by atoms with van der Waals surface area (Å²) in [7, 11) is 3.67. The lowest BCUT2D eigenvalue weighted by Crippen LogP contribution is -2.37. The lowest BCUT2D eigenvalue weighted by atomic mass is 10.0. The summed E-state index contributed by atoms with van der Waals surface area (Å²) in [6.07, 6.45) is 0. The number of hydrogen-bond donors (Lipinski definition) is 1. The van der Waals surface area contributed by atoms with Crippen LogP contribution >= 0.6 is 15.9 Å². The fourth-order valence-corrected chi connectivity index (χ4v) is 2.39. The molecule has 2 rings (SSSR count). The smallest absolute Gasteiger partial charge is 0.241 e. The topological polar surface area (TPSA) is 49.4 Å². The maximum absolute atomic E-state index is 12.7. The van der Waals surface area contributed by atoms with Gasteiger partial charge in [0.25, 0.3) is 0 Å². The molecule has 4 nitrogen and oxygen atoms in total. The maximum atomic E-state index is 12.7. The molecule has 1 atom stereocenters. The Balaban J connectivity index is 2.35. The van der Waals surface area contributed by atoms with Gasteiger partial charge in [-0.3, -0.25) is 14.5 Å². The van der Waals surface area contributed by atoms with Gasteiger partial charge in [-0.25, -0.2) is 0 Å². The number of halogens is 1. The lowest BCUT2D eigenvalue weighted by molar-refractivity contribution is -0.119. The zero-order valence-electron chi connectivity index (χ0n) is 13.3. The maximum Gasteiger partial charge on any atom is 0.241 e. The van der Waals surface area contributed by atoms with Crippen LogP contribution in [0.2, 0.25) is 0 Å². The molecule has 0 aliphatic carbocycles. The minimum absolute atomic E-state index is 0.125. The van der Waals surface area contributed by atoms with Crippen molar-refractivity contribution >= 4 is 33.3 Å². The van der Waals surface area contributed by atoms with Crippen molar-refractivity contribution in [2.75, 3.05) is 19.4 Å². The Labute approximate surface area is 144 Å². The van der Waals surface area contributed by atoms with E-state index in [0.717, 1.165) is 4.47 Å². The second-order valence-corrected chi connectivity index (χ2v) is 6.43. The molecule has 2 aromatic rings. The highest BCUT2D eigenvalue weighted by Crippen LogP contribution is 2.24. The summed E-state index contributed by atoms with van der Waals surface area (Å²) in [5, 5.41) is 2.85. The number of anilines is 1. The van der Waals surface area contributed by atoms with E-state index in [2.05, 4.69) is 21.2 Å². The summed E-state index contributed by atoms with van der Waals surface area (Å²) in [6, 6.07) is 14.0. The van der Waals surface area contributed by atoms with Crippen molar-refractivity contribution < 1.29 is 9.59 Å². The minimum Gasteiger partial charge on any atom is -0.324 e. The van der Waals surface area contributed by atoms with Crippen molar-refractivity contribution in [1.29, 1.82) is 0 Å². The van der Waals surface area contributed by atoms with Crippen LogP contribution < -0.4 is 5.32 Å². The van der Waals surface area contributed by atoms with Crippen LogP contribution in [0.3, 0.4) is 0 Å². The molecule has 0 spiro atoms. The van der Waals surface area contributed by atoms with Crippen molar-refractivity contribution in [2.45, 2.75) is 13.0 Å². The summed E-state index contributed by atoms with van der Waals surface area (Å²) < 4.78 is 0.787. The van der Waals surface area contributed by atoms with Crippen LogP contribution in [0, 0.1) is 0 Å². The van der Waals surface area contributed by atoms with Crippen molar-refractivity contribution in [2.24, 2.45) is 0 Å². The minimum atomic E-state index is -0.293. The van der Waals surface area contributed by atoms with Crippen LogP contribution in [0.5, 0.6) is 0 Å². The van der Waals surface area contributed by atoms with E-state index in [1.807, 2.05) is 44.1 Å². The Hall–Kier alpha value is -1.98. The number of carbonyl (C=O) groups excluding carboxylic acids is 2. The van der Waals surface area contributed by atoms with Crippen LogP contribution in [0.15, 0.2) is 53.0 Å². The summed E-state index contributed by atoms with van der Waals surface area (Å²) in [6.45, 7) is 1.81. The highest BCUT2D eigenvalue weighted by atomic mass is 79.9. The van der Waals surface area contributed by atoms with Crippen molar-refractivity contribution in [3.8, 4) is 0 Å². The Kier molecular flexibility index (Phi) is 5.69. The normalized spacial score (nSPS) is 12.0.